The third kappa shape index (κ3) is 4.75. The van der Waals surface area contributed by atoms with Crippen molar-refractivity contribution in [3.8, 4) is 23.3 Å². The van der Waals surface area contributed by atoms with E-state index < -0.39 is 6.10 Å². The zero-order valence-electron chi connectivity index (χ0n) is 14.5. The molecule has 0 fully saturated rings. The van der Waals surface area contributed by atoms with Crippen LogP contribution in [0.15, 0.2) is 53.7 Å². The Morgan fingerprint density at radius 3 is 2.74 bits per heavy atom. The molecular formula is C18H17N5O3S. The fraction of sp³-hybridized carbons (Fsp3) is 0.222. The van der Waals surface area contributed by atoms with Gasteiger partial charge < -0.3 is 14.6 Å². The number of nitrogens with zero attached hydrogens (tertiary/aromatic N) is 5. The van der Waals surface area contributed by atoms with Gasteiger partial charge in [0.25, 0.3) is 0 Å². The predicted octanol–water partition coefficient (Wildman–Crippen LogP) is 2.07. The van der Waals surface area contributed by atoms with Crippen molar-refractivity contribution in [3.63, 3.8) is 0 Å². The van der Waals surface area contributed by atoms with Crippen LogP contribution in [0.3, 0.4) is 0 Å². The summed E-state index contributed by atoms with van der Waals surface area (Å²) in [5, 5.41) is 31.2. The zero-order chi connectivity index (χ0) is 19.1. The normalized spacial score (nSPS) is 11.6. The van der Waals surface area contributed by atoms with E-state index in [1.807, 2.05) is 30.3 Å². The lowest BCUT2D eigenvalue weighted by Gasteiger charge is -2.12. The lowest BCUT2D eigenvalue weighted by molar-refractivity contribution is 0.126. The number of para-hydroxylation sites is 2. The van der Waals surface area contributed by atoms with Crippen molar-refractivity contribution in [2.24, 2.45) is 0 Å². The summed E-state index contributed by atoms with van der Waals surface area (Å²) in [5.41, 5.74) is 1.28. The highest BCUT2D eigenvalue weighted by molar-refractivity contribution is 7.99. The summed E-state index contributed by atoms with van der Waals surface area (Å²) >= 11 is 1.32. The van der Waals surface area contributed by atoms with Crippen molar-refractivity contribution in [1.29, 1.82) is 5.26 Å². The van der Waals surface area contributed by atoms with E-state index in [4.69, 9.17) is 14.7 Å². The number of rotatable bonds is 8. The first-order chi connectivity index (χ1) is 13.2. The van der Waals surface area contributed by atoms with Gasteiger partial charge in [-0.2, -0.15) is 9.94 Å². The van der Waals surface area contributed by atoms with Crippen LogP contribution in [-0.4, -0.2) is 50.9 Å². The molecule has 1 atom stereocenters. The van der Waals surface area contributed by atoms with Gasteiger partial charge in [-0.3, -0.25) is 0 Å². The lowest BCUT2D eigenvalue weighted by atomic mass is 10.2. The third-order valence-corrected chi connectivity index (χ3v) is 4.65. The van der Waals surface area contributed by atoms with Gasteiger partial charge >= 0.3 is 0 Å². The molecule has 2 aromatic carbocycles. The van der Waals surface area contributed by atoms with Crippen molar-refractivity contribution in [2.75, 3.05) is 19.5 Å². The number of methoxy groups -OCH3 is 1. The second kappa shape index (κ2) is 9.02. The van der Waals surface area contributed by atoms with E-state index in [0.717, 1.165) is 5.69 Å². The van der Waals surface area contributed by atoms with Crippen molar-refractivity contribution in [1.82, 2.24) is 20.2 Å². The van der Waals surface area contributed by atoms with Crippen LogP contribution in [0.25, 0.3) is 5.69 Å². The SMILES string of the molecule is COc1ccccc1-n1nnnc1SC[C@H](O)COc1ccc(C#N)cc1. The highest BCUT2D eigenvalue weighted by atomic mass is 32.2. The van der Waals surface area contributed by atoms with Gasteiger partial charge in [0.2, 0.25) is 5.16 Å². The van der Waals surface area contributed by atoms with Gasteiger partial charge in [-0.1, -0.05) is 23.9 Å². The molecule has 9 heteroatoms. The Morgan fingerprint density at radius 1 is 1.22 bits per heavy atom. The number of tetrazole rings is 1. The fourth-order valence-electron chi connectivity index (χ4n) is 2.26. The van der Waals surface area contributed by atoms with Crippen molar-refractivity contribution in [2.45, 2.75) is 11.3 Å². The molecule has 0 aliphatic carbocycles. The van der Waals surface area contributed by atoms with Gasteiger partial charge in [0, 0.05) is 5.75 Å². The number of aromatic nitrogens is 4. The maximum absolute atomic E-state index is 10.2. The molecule has 1 aromatic heterocycles. The second-order valence-electron chi connectivity index (χ2n) is 5.46. The second-order valence-corrected chi connectivity index (χ2v) is 6.44. The van der Waals surface area contributed by atoms with Crippen LogP contribution in [0.5, 0.6) is 11.5 Å². The monoisotopic (exact) mass is 383 g/mol. The number of thioether (sulfide) groups is 1. The van der Waals surface area contributed by atoms with E-state index in [9.17, 15) is 5.11 Å². The number of hydrogen-bond donors (Lipinski definition) is 1. The van der Waals surface area contributed by atoms with E-state index in [0.29, 0.717) is 28.0 Å². The molecule has 0 unspecified atom stereocenters. The van der Waals surface area contributed by atoms with Crippen molar-refractivity contribution < 1.29 is 14.6 Å². The molecule has 0 aliphatic heterocycles. The Labute approximate surface area is 160 Å². The topological polar surface area (TPSA) is 106 Å². The molecule has 8 nitrogen and oxygen atoms in total. The Balaban J connectivity index is 1.57. The van der Waals surface area contributed by atoms with Crippen LogP contribution in [0, 0.1) is 11.3 Å². The summed E-state index contributed by atoms with van der Waals surface area (Å²) in [6.07, 6.45) is -0.714. The molecule has 3 aromatic rings. The Morgan fingerprint density at radius 2 is 2.00 bits per heavy atom. The zero-order valence-corrected chi connectivity index (χ0v) is 15.3. The Kier molecular flexibility index (Phi) is 6.25. The van der Waals surface area contributed by atoms with Crippen LogP contribution < -0.4 is 9.47 Å². The molecule has 0 saturated heterocycles. The Bertz CT molecular complexity index is 923. The minimum Gasteiger partial charge on any atom is -0.494 e. The lowest BCUT2D eigenvalue weighted by Crippen LogP contribution is -2.20. The molecule has 1 N–H and O–H groups in total. The molecule has 0 amide bonds. The first-order valence-corrected chi connectivity index (χ1v) is 9.05. The number of aliphatic hydroxyl groups is 1. The van der Waals surface area contributed by atoms with Crippen LogP contribution in [-0.2, 0) is 0 Å². The number of benzene rings is 2. The highest BCUT2D eigenvalue weighted by Crippen LogP contribution is 2.25. The Hall–Kier alpha value is -3.09. The minimum absolute atomic E-state index is 0.120. The van der Waals surface area contributed by atoms with Gasteiger partial charge in [0.15, 0.2) is 0 Å². The molecular weight excluding hydrogens is 366 g/mol. The average molecular weight is 383 g/mol. The molecule has 27 heavy (non-hydrogen) atoms. The average Bonchev–Trinajstić information content (AvgIpc) is 3.19. The predicted molar refractivity (Wildman–Crippen MR) is 99.1 cm³/mol. The smallest absolute Gasteiger partial charge is 0.214 e. The summed E-state index contributed by atoms with van der Waals surface area (Å²) < 4.78 is 12.4. The van der Waals surface area contributed by atoms with E-state index in [1.54, 1.807) is 36.1 Å². The number of nitriles is 1. The molecule has 1 heterocycles. The standard InChI is InChI=1S/C18H17N5O3S/c1-25-17-5-3-2-4-16(17)23-18(20-21-22-23)27-12-14(24)11-26-15-8-6-13(10-19)7-9-15/h2-9,14,24H,11-12H2,1H3/t14-/m1/s1. The maximum Gasteiger partial charge on any atom is 0.214 e. The largest absolute Gasteiger partial charge is 0.494 e. The summed E-state index contributed by atoms with van der Waals surface area (Å²) in [5.74, 6) is 1.60. The van der Waals surface area contributed by atoms with Gasteiger partial charge in [-0.05, 0) is 46.8 Å². The van der Waals surface area contributed by atoms with Crippen LogP contribution >= 0.6 is 11.8 Å². The summed E-state index contributed by atoms with van der Waals surface area (Å²) in [6, 6.07) is 16.2. The van der Waals surface area contributed by atoms with Crippen molar-refractivity contribution in [3.05, 3.63) is 54.1 Å². The van der Waals surface area contributed by atoms with E-state index in [-0.39, 0.29) is 6.61 Å². The molecule has 0 radical (unpaired) electrons. The molecule has 3 rings (SSSR count). The first kappa shape index (κ1) is 18.7. The molecule has 0 spiro atoms. The summed E-state index contributed by atoms with van der Waals surface area (Å²) in [6.45, 7) is 0.120. The molecule has 0 saturated carbocycles. The van der Waals surface area contributed by atoms with Crippen LogP contribution in [0.4, 0.5) is 0 Å². The van der Waals surface area contributed by atoms with E-state index >= 15 is 0 Å². The van der Waals surface area contributed by atoms with Gasteiger partial charge in [0.05, 0.1) is 24.8 Å². The van der Waals surface area contributed by atoms with Gasteiger partial charge in [0.1, 0.15) is 23.8 Å². The minimum atomic E-state index is -0.714. The van der Waals surface area contributed by atoms with Crippen LogP contribution in [0.1, 0.15) is 5.56 Å². The fourth-order valence-corrected chi connectivity index (χ4v) is 3.05. The highest BCUT2D eigenvalue weighted by Gasteiger charge is 2.15. The van der Waals surface area contributed by atoms with Gasteiger partial charge in [-0.15, -0.1) is 5.10 Å². The van der Waals surface area contributed by atoms with E-state index in [1.165, 1.54) is 11.8 Å². The van der Waals surface area contributed by atoms with Gasteiger partial charge in [-0.25, -0.2) is 0 Å². The van der Waals surface area contributed by atoms with Crippen LogP contribution in [0.2, 0.25) is 0 Å². The first-order valence-electron chi connectivity index (χ1n) is 8.07. The van der Waals surface area contributed by atoms with E-state index in [2.05, 4.69) is 15.5 Å². The number of hydrogen-bond acceptors (Lipinski definition) is 8. The summed E-state index contributed by atoms with van der Waals surface area (Å²) in [4.78, 5) is 0. The number of aliphatic hydroxyl groups excluding tert-OH is 1. The number of ether oxygens (including phenoxy) is 2. The van der Waals surface area contributed by atoms with Crippen molar-refractivity contribution >= 4 is 11.8 Å². The molecule has 0 bridgehead atoms. The molecule has 0 aliphatic rings. The summed E-state index contributed by atoms with van der Waals surface area (Å²) in [7, 11) is 1.58. The maximum atomic E-state index is 10.2. The third-order valence-electron chi connectivity index (χ3n) is 3.58. The molecule has 138 valence electrons. The quantitative estimate of drug-likeness (QED) is 0.589.